The quantitative estimate of drug-likeness (QED) is 0.530. The lowest BCUT2D eigenvalue weighted by molar-refractivity contribution is -0.874. The van der Waals surface area contributed by atoms with Crippen molar-refractivity contribution >= 4 is 0 Å². The number of quaternary nitrogens is 1. The van der Waals surface area contributed by atoms with Crippen LogP contribution in [0.25, 0.3) is 0 Å². The third-order valence-electron chi connectivity index (χ3n) is 2.91. The van der Waals surface area contributed by atoms with Crippen LogP contribution in [0.3, 0.4) is 0 Å². The summed E-state index contributed by atoms with van der Waals surface area (Å²) in [5, 5.41) is 3.43. The van der Waals surface area contributed by atoms with Crippen LogP contribution in [0.15, 0.2) is 0 Å². The van der Waals surface area contributed by atoms with E-state index in [2.05, 4.69) is 54.2 Å². The third-order valence-corrected chi connectivity index (χ3v) is 2.91. The van der Waals surface area contributed by atoms with Gasteiger partial charge in [-0.05, 0) is 24.9 Å². The second kappa shape index (κ2) is 5.86. The van der Waals surface area contributed by atoms with Crippen molar-refractivity contribution in [2.75, 3.05) is 40.8 Å². The molecule has 1 atom stereocenters. The molecule has 0 aromatic rings. The van der Waals surface area contributed by atoms with Crippen LogP contribution < -0.4 is 5.32 Å². The van der Waals surface area contributed by atoms with Gasteiger partial charge in [0.25, 0.3) is 0 Å². The van der Waals surface area contributed by atoms with E-state index < -0.39 is 0 Å². The van der Waals surface area contributed by atoms with Crippen LogP contribution in [0.1, 0.15) is 34.1 Å². The summed E-state index contributed by atoms with van der Waals surface area (Å²) in [7, 11) is 6.85. The maximum absolute atomic E-state index is 3.43. The Labute approximate surface area is 96.6 Å². The maximum Gasteiger partial charge on any atom is 0.0814 e. The van der Waals surface area contributed by atoms with Crippen LogP contribution in [-0.2, 0) is 0 Å². The van der Waals surface area contributed by atoms with E-state index in [0.717, 1.165) is 23.5 Å². The lowest BCUT2D eigenvalue weighted by Gasteiger charge is -2.36. The molecule has 15 heavy (non-hydrogen) atoms. The minimum atomic E-state index is 0.418. The van der Waals surface area contributed by atoms with Crippen LogP contribution in [-0.4, -0.2) is 45.3 Å². The van der Waals surface area contributed by atoms with Gasteiger partial charge in [-0.3, -0.25) is 0 Å². The van der Waals surface area contributed by atoms with Crippen LogP contribution >= 0.6 is 0 Å². The van der Waals surface area contributed by atoms with Gasteiger partial charge in [0, 0.05) is 5.92 Å². The Morgan fingerprint density at radius 3 is 2.00 bits per heavy atom. The highest BCUT2D eigenvalue weighted by Crippen LogP contribution is 2.29. The molecular formula is C13H31N2+. The van der Waals surface area contributed by atoms with E-state index in [0.29, 0.717) is 5.41 Å². The highest BCUT2D eigenvalue weighted by atomic mass is 15.3. The Hall–Kier alpha value is -0.0800. The fourth-order valence-electron chi connectivity index (χ4n) is 1.91. The van der Waals surface area contributed by atoms with Gasteiger partial charge in [0.2, 0.25) is 0 Å². The van der Waals surface area contributed by atoms with E-state index >= 15 is 0 Å². The molecule has 0 spiro atoms. The predicted molar refractivity (Wildman–Crippen MR) is 69.0 cm³/mol. The van der Waals surface area contributed by atoms with E-state index in [4.69, 9.17) is 0 Å². The first kappa shape index (κ1) is 14.9. The average molecular weight is 215 g/mol. The minimum Gasteiger partial charge on any atom is -0.331 e. The Morgan fingerprint density at radius 2 is 1.67 bits per heavy atom. The fraction of sp³-hybridized carbons (Fsp3) is 1.00. The standard InChI is InChI=1S/C13H31N2/c1-8-14-10-9-12(13(2,3)4)11-15(5,6)7/h12,14H,8-11H2,1-7H3/q+1. The lowest BCUT2D eigenvalue weighted by Crippen LogP contribution is -2.43. The molecule has 0 fully saturated rings. The van der Waals surface area contributed by atoms with Gasteiger partial charge in [0.15, 0.2) is 0 Å². The van der Waals surface area contributed by atoms with Gasteiger partial charge >= 0.3 is 0 Å². The van der Waals surface area contributed by atoms with E-state index in [-0.39, 0.29) is 0 Å². The zero-order valence-electron chi connectivity index (χ0n) is 11.9. The SMILES string of the molecule is CCNCCC(C[N+](C)(C)C)C(C)(C)C. The summed E-state index contributed by atoms with van der Waals surface area (Å²) in [6.07, 6.45) is 1.28. The smallest absolute Gasteiger partial charge is 0.0814 e. The topological polar surface area (TPSA) is 12.0 Å². The average Bonchev–Trinajstić information content (AvgIpc) is 1.99. The Bertz CT molecular complexity index is 162. The number of hydrogen-bond acceptors (Lipinski definition) is 1. The highest BCUT2D eigenvalue weighted by Gasteiger charge is 2.28. The van der Waals surface area contributed by atoms with E-state index in [1.54, 1.807) is 0 Å². The second-order valence-corrected chi connectivity index (χ2v) is 6.68. The zero-order valence-corrected chi connectivity index (χ0v) is 11.9. The molecule has 1 unspecified atom stereocenters. The molecule has 92 valence electrons. The predicted octanol–water partition coefficient (Wildman–Crippen LogP) is 2.35. The summed E-state index contributed by atoms with van der Waals surface area (Å²) in [4.78, 5) is 0. The molecule has 1 N–H and O–H groups in total. The first-order chi connectivity index (χ1) is 6.67. The summed E-state index contributed by atoms with van der Waals surface area (Å²) in [6, 6.07) is 0. The van der Waals surface area contributed by atoms with Gasteiger partial charge in [0.05, 0.1) is 27.7 Å². The second-order valence-electron chi connectivity index (χ2n) is 6.68. The van der Waals surface area contributed by atoms with E-state index in [9.17, 15) is 0 Å². The maximum atomic E-state index is 3.43. The first-order valence-electron chi connectivity index (χ1n) is 6.18. The van der Waals surface area contributed by atoms with Crippen molar-refractivity contribution in [3.63, 3.8) is 0 Å². The molecule has 0 bridgehead atoms. The monoisotopic (exact) mass is 215 g/mol. The molecule has 0 radical (unpaired) electrons. The molecule has 0 saturated carbocycles. The van der Waals surface area contributed by atoms with Crippen molar-refractivity contribution in [1.82, 2.24) is 5.32 Å². The number of hydrogen-bond donors (Lipinski definition) is 1. The molecule has 0 rings (SSSR count). The van der Waals surface area contributed by atoms with Gasteiger partial charge in [-0.1, -0.05) is 27.7 Å². The molecule has 0 aliphatic rings. The minimum absolute atomic E-state index is 0.418. The zero-order chi connectivity index (χ0) is 12.1. The first-order valence-corrected chi connectivity index (χ1v) is 6.18. The van der Waals surface area contributed by atoms with Crippen molar-refractivity contribution in [3.8, 4) is 0 Å². The molecule has 0 saturated heterocycles. The molecule has 0 aliphatic carbocycles. The van der Waals surface area contributed by atoms with Crippen molar-refractivity contribution in [2.45, 2.75) is 34.1 Å². The molecule has 0 aromatic carbocycles. The van der Waals surface area contributed by atoms with Crippen LogP contribution in [0.2, 0.25) is 0 Å². The molecule has 0 aromatic heterocycles. The van der Waals surface area contributed by atoms with Crippen LogP contribution in [0, 0.1) is 11.3 Å². The summed E-state index contributed by atoms with van der Waals surface area (Å²) in [6.45, 7) is 12.7. The highest BCUT2D eigenvalue weighted by molar-refractivity contribution is 4.74. The van der Waals surface area contributed by atoms with Crippen molar-refractivity contribution < 1.29 is 4.48 Å². The Balaban J connectivity index is 4.21. The molecule has 2 nitrogen and oxygen atoms in total. The number of nitrogens with zero attached hydrogens (tertiary/aromatic N) is 1. The van der Waals surface area contributed by atoms with Gasteiger partial charge in [0.1, 0.15) is 0 Å². The Kier molecular flexibility index (Phi) is 5.82. The molecule has 0 heterocycles. The third kappa shape index (κ3) is 7.80. The summed E-state index contributed by atoms with van der Waals surface area (Å²) < 4.78 is 1.06. The summed E-state index contributed by atoms with van der Waals surface area (Å²) in [5.41, 5.74) is 0.418. The summed E-state index contributed by atoms with van der Waals surface area (Å²) in [5.74, 6) is 0.788. The largest absolute Gasteiger partial charge is 0.331 e. The number of rotatable bonds is 6. The van der Waals surface area contributed by atoms with Gasteiger partial charge in [-0.25, -0.2) is 0 Å². The molecule has 0 amide bonds. The molecule has 0 aliphatic heterocycles. The molecule has 2 heteroatoms. The van der Waals surface area contributed by atoms with Crippen molar-refractivity contribution in [2.24, 2.45) is 11.3 Å². The lowest BCUT2D eigenvalue weighted by atomic mass is 9.78. The van der Waals surface area contributed by atoms with Crippen LogP contribution in [0.5, 0.6) is 0 Å². The number of nitrogens with one attached hydrogen (secondary N) is 1. The van der Waals surface area contributed by atoms with Gasteiger partial charge < -0.3 is 9.80 Å². The fourth-order valence-corrected chi connectivity index (χ4v) is 1.91. The molecular weight excluding hydrogens is 184 g/mol. The van der Waals surface area contributed by atoms with Gasteiger partial charge in [-0.15, -0.1) is 0 Å². The van der Waals surface area contributed by atoms with Gasteiger partial charge in [-0.2, -0.15) is 0 Å². The van der Waals surface area contributed by atoms with Crippen molar-refractivity contribution in [3.05, 3.63) is 0 Å². The summed E-state index contributed by atoms with van der Waals surface area (Å²) >= 11 is 0. The van der Waals surface area contributed by atoms with Crippen LogP contribution in [0.4, 0.5) is 0 Å². The normalized spacial score (nSPS) is 15.4. The van der Waals surface area contributed by atoms with E-state index in [1.807, 2.05) is 0 Å². The Morgan fingerprint density at radius 1 is 1.13 bits per heavy atom. The van der Waals surface area contributed by atoms with Crippen molar-refractivity contribution in [1.29, 1.82) is 0 Å². The van der Waals surface area contributed by atoms with E-state index in [1.165, 1.54) is 13.0 Å².